The van der Waals surface area contributed by atoms with Crippen molar-refractivity contribution in [1.82, 2.24) is 0 Å². The number of phosphoric ester groups is 2. The van der Waals surface area contributed by atoms with Gasteiger partial charge in [0.2, 0.25) is 0 Å². The average molecular weight is 1620 g/mol. The third-order valence-corrected chi connectivity index (χ3v) is 20.3. The summed E-state index contributed by atoms with van der Waals surface area (Å²) in [5.74, 6) is -1.58. The number of allylic oxidation sites excluding steroid dienone is 28. The number of phosphoric acid groups is 2. The molecule has 0 radical (unpaired) electrons. The Labute approximate surface area is 688 Å². The minimum absolute atomic E-state index is 0.0899. The van der Waals surface area contributed by atoms with Crippen LogP contribution in [0.2, 0.25) is 0 Å². The predicted molar refractivity (Wildman–Crippen MR) is 472 cm³/mol. The van der Waals surface area contributed by atoms with Crippen molar-refractivity contribution in [2.75, 3.05) is 39.6 Å². The van der Waals surface area contributed by atoms with Gasteiger partial charge in [-0.3, -0.25) is 32.5 Å². The average Bonchev–Trinajstić information content (AvgIpc) is 0.901. The number of carbonyl (C=O) groups is 3. The lowest BCUT2D eigenvalue weighted by Gasteiger charge is -2.21. The minimum atomic E-state index is -4.94. The van der Waals surface area contributed by atoms with Crippen molar-refractivity contribution in [3.8, 4) is 0 Å². The van der Waals surface area contributed by atoms with Crippen LogP contribution < -0.4 is 0 Å². The zero-order valence-electron chi connectivity index (χ0n) is 71.0. The number of aliphatic hydroxyl groups is 2. The Bertz CT molecular complexity index is 2730. The van der Waals surface area contributed by atoms with E-state index in [4.69, 9.17) is 32.3 Å². The number of rotatable bonds is 83. The fraction of sp³-hybridized carbons (Fsp3) is 0.674. The summed E-state index contributed by atoms with van der Waals surface area (Å²) in [5.41, 5.74) is 0. The van der Waals surface area contributed by atoms with E-state index < -0.39 is 91.5 Å². The van der Waals surface area contributed by atoms with Gasteiger partial charge in [0.15, 0.2) is 6.10 Å². The van der Waals surface area contributed by atoms with Gasteiger partial charge in [-0.05, 0) is 148 Å². The summed E-state index contributed by atoms with van der Waals surface area (Å²) in [6.45, 7) is 2.36. The van der Waals surface area contributed by atoms with Crippen LogP contribution in [0.4, 0.5) is 0 Å². The van der Waals surface area contributed by atoms with Gasteiger partial charge in [0.25, 0.3) is 0 Å². The highest BCUT2D eigenvalue weighted by Gasteiger charge is 2.29. The Balaban J connectivity index is 4.54. The summed E-state index contributed by atoms with van der Waals surface area (Å²) >= 11 is 0. The Kier molecular flexibility index (Phi) is 82.4. The van der Waals surface area contributed by atoms with Crippen molar-refractivity contribution >= 4 is 33.6 Å². The second-order valence-electron chi connectivity index (χ2n) is 29.3. The molecular formula is C95H160O16P2. The summed E-state index contributed by atoms with van der Waals surface area (Å²) in [7, 11) is -9.81. The van der Waals surface area contributed by atoms with Crippen LogP contribution in [-0.4, -0.2) is 95.9 Å². The first-order valence-corrected chi connectivity index (χ1v) is 47.4. The van der Waals surface area contributed by atoms with Crippen molar-refractivity contribution in [2.45, 2.75) is 373 Å². The molecule has 0 aliphatic heterocycles. The van der Waals surface area contributed by atoms with E-state index >= 15 is 0 Å². The Hall–Kier alpha value is -5.09. The zero-order valence-corrected chi connectivity index (χ0v) is 72.8. The van der Waals surface area contributed by atoms with Gasteiger partial charge in [-0.2, -0.15) is 0 Å². The second-order valence-corrected chi connectivity index (χ2v) is 32.2. The molecule has 0 aromatic carbocycles. The summed E-state index contributed by atoms with van der Waals surface area (Å²) in [4.78, 5) is 58.9. The molecule has 0 aromatic heterocycles. The molecule has 0 saturated heterocycles. The molecule has 0 fully saturated rings. The maximum absolute atomic E-state index is 13.0. The first-order valence-electron chi connectivity index (χ1n) is 44.4. The van der Waals surface area contributed by atoms with Crippen LogP contribution in [0.3, 0.4) is 0 Å². The van der Waals surface area contributed by atoms with E-state index in [2.05, 4.69) is 191 Å². The molecule has 0 amide bonds. The maximum atomic E-state index is 13.0. The van der Waals surface area contributed by atoms with Crippen LogP contribution in [0.1, 0.15) is 355 Å². The van der Waals surface area contributed by atoms with Crippen LogP contribution in [0, 0.1) is 0 Å². The van der Waals surface area contributed by atoms with E-state index in [0.29, 0.717) is 19.3 Å². The molecular weight excluding hydrogens is 1460 g/mol. The minimum Gasteiger partial charge on any atom is -0.463 e. The van der Waals surface area contributed by atoms with Gasteiger partial charge in [-0.1, -0.05) is 358 Å². The SMILES string of the molecule is CC/C=C\C/C=C\C/C=C\C/C=C\C/C=C\C/C=C\CCCCCCCCCCCCCCC(=O)OCC(O)COP(=O)(O)OCC(O)COP(=O)(O)OCC(COC(=O)CCCCCCCCCCCCCCC/C=C\C/C=C\C/C=C\C/C=C\C/C=C\CC)OC(=O)CCCCCCCCC/C=C\C/C=C\C/C=C\CC. The lowest BCUT2D eigenvalue weighted by Crippen LogP contribution is -2.30. The van der Waals surface area contributed by atoms with Crippen LogP contribution in [-0.2, 0) is 55.8 Å². The quantitative estimate of drug-likeness (QED) is 0.0146. The topological polar surface area (TPSA) is 231 Å². The fourth-order valence-corrected chi connectivity index (χ4v) is 13.4. The van der Waals surface area contributed by atoms with Crippen molar-refractivity contribution in [3.05, 3.63) is 170 Å². The monoisotopic (exact) mass is 1620 g/mol. The molecule has 0 rings (SSSR count). The van der Waals surface area contributed by atoms with Crippen LogP contribution in [0.15, 0.2) is 170 Å². The first-order chi connectivity index (χ1) is 55.2. The number of esters is 3. The van der Waals surface area contributed by atoms with E-state index in [1.807, 2.05) is 0 Å². The van der Waals surface area contributed by atoms with E-state index in [1.54, 1.807) is 0 Å². The number of aliphatic hydroxyl groups excluding tert-OH is 2. The lowest BCUT2D eigenvalue weighted by molar-refractivity contribution is -0.161. The van der Waals surface area contributed by atoms with Crippen LogP contribution in [0.25, 0.3) is 0 Å². The molecule has 18 heteroatoms. The molecule has 16 nitrogen and oxygen atoms in total. The molecule has 0 bridgehead atoms. The summed E-state index contributed by atoms with van der Waals surface area (Å²) < 4.78 is 61.4. The van der Waals surface area contributed by atoms with E-state index in [1.165, 1.54) is 103 Å². The largest absolute Gasteiger partial charge is 0.472 e. The van der Waals surface area contributed by atoms with Gasteiger partial charge in [0.1, 0.15) is 25.4 Å². The molecule has 4 N–H and O–H groups in total. The number of hydrogen-bond donors (Lipinski definition) is 4. The molecule has 0 aromatic rings. The van der Waals surface area contributed by atoms with Gasteiger partial charge >= 0.3 is 33.6 Å². The molecule has 0 spiro atoms. The molecule has 0 aliphatic rings. The van der Waals surface area contributed by atoms with Crippen molar-refractivity contribution in [2.24, 2.45) is 0 Å². The lowest BCUT2D eigenvalue weighted by atomic mass is 10.0. The third-order valence-electron chi connectivity index (χ3n) is 18.4. The van der Waals surface area contributed by atoms with Crippen LogP contribution >= 0.6 is 15.6 Å². The number of hydrogen-bond acceptors (Lipinski definition) is 14. The van der Waals surface area contributed by atoms with Crippen molar-refractivity contribution < 1.29 is 75.8 Å². The second kappa shape index (κ2) is 86.3. The van der Waals surface area contributed by atoms with Gasteiger partial charge < -0.3 is 34.2 Å². The maximum Gasteiger partial charge on any atom is 0.472 e. The van der Waals surface area contributed by atoms with Gasteiger partial charge in [0, 0.05) is 19.3 Å². The van der Waals surface area contributed by atoms with Gasteiger partial charge in [-0.15, -0.1) is 0 Å². The van der Waals surface area contributed by atoms with Crippen LogP contribution in [0.5, 0.6) is 0 Å². The molecule has 0 saturated carbocycles. The molecule has 0 heterocycles. The summed E-state index contributed by atoms with van der Waals surface area (Å²) in [5, 5.41) is 20.7. The fourth-order valence-electron chi connectivity index (χ4n) is 11.8. The summed E-state index contributed by atoms with van der Waals surface area (Å²) in [6, 6.07) is 0. The predicted octanol–water partition coefficient (Wildman–Crippen LogP) is 27.1. The first kappa shape index (κ1) is 108. The molecule has 646 valence electrons. The number of ether oxygens (including phenoxy) is 3. The van der Waals surface area contributed by atoms with Crippen molar-refractivity contribution in [3.63, 3.8) is 0 Å². The highest BCUT2D eigenvalue weighted by molar-refractivity contribution is 7.47. The van der Waals surface area contributed by atoms with E-state index in [9.17, 15) is 43.5 Å². The Morgan fingerprint density at radius 1 is 0.248 bits per heavy atom. The highest BCUT2D eigenvalue weighted by Crippen LogP contribution is 2.45. The highest BCUT2D eigenvalue weighted by atomic mass is 31.2. The van der Waals surface area contributed by atoms with E-state index in [-0.39, 0.29) is 19.3 Å². The van der Waals surface area contributed by atoms with Gasteiger partial charge in [0.05, 0.1) is 26.4 Å². The zero-order chi connectivity index (χ0) is 82.2. The van der Waals surface area contributed by atoms with Crippen molar-refractivity contribution in [1.29, 1.82) is 0 Å². The smallest absolute Gasteiger partial charge is 0.463 e. The number of unbranched alkanes of at least 4 members (excludes halogenated alkanes) is 32. The standard InChI is InChI=1S/C95H160O16P2/c1-4-7-10-13-16-19-22-25-28-31-33-35-37-39-41-43-44-46-48-49-51-53-55-58-60-63-66-69-72-75-78-81-93(98)105-84-90(96)85-107-112(101,102)108-86-91(97)87-109-113(103,104)110-89-92(111-95(100)83-80-77-74-71-68-65-62-57-30-27-24-21-18-15-12-9-6-3)88-106-94(99)82-79-76-73-70-67-64-61-59-56-54-52-50-47-45-42-40-38-36-34-32-29-26-23-20-17-14-11-8-5-2/h7-12,16-21,25-30,33-36,39-42,44,46,90-92,96-97H,4-6,13-15,22-24,31-32,37-38,43,45,47-89H2,1-3H3,(H,101,102)(H,103,104)/b10-7-,11-8-,12-9-,19-16-,20-17-,21-18-,28-25-,29-26-,30-27-,35-33-,36-34-,41-39-,42-40-,46-44-. The van der Waals surface area contributed by atoms with Gasteiger partial charge in [-0.25, -0.2) is 9.13 Å². The Morgan fingerprint density at radius 3 is 0.699 bits per heavy atom. The normalized spacial score (nSPS) is 14.6. The molecule has 5 unspecified atom stereocenters. The number of carbonyl (C=O) groups excluding carboxylic acids is 3. The Morgan fingerprint density at radius 2 is 0.442 bits per heavy atom. The third kappa shape index (κ3) is 87.6. The van der Waals surface area contributed by atoms with E-state index in [0.717, 1.165) is 193 Å². The summed E-state index contributed by atoms with van der Waals surface area (Å²) in [6.07, 6.45) is 111. The molecule has 113 heavy (non-hydrogen) atoms. The molecule has 5 atom stereocenters. The molecule has 0 aliphatic carbocycles.